The largest absolute Gasteiger partial charge is 0.416 e. The maximum absolute atomic E-state index is 12.9. The van der Waals surface area contributed by atoms with E-state index in [1.165, 1.54) is 12.1 Å². The normalized spacial score (nSPS) is 17.3. The van der Waals surface area contributed by atoms with Crippen molar-refractivity contribution in [2.45, 2.75) is 46.5 Å². The molecule has 1 aliphatic rings. The van der Waals surface area contributed by atoms with Gasteiger partial charge in [-0.05, 0) is 25.5 Å². The summed E-state index contributed by atoms with van der Waals surface area (Å²) in [6, 6.07) is 6.37. The lowest BCUT2D eigenvalue weighted by Crippen LogP contribution is -2.48. The predicted octanol–water partition coefficient (Wildman–Crippen LogP) is 4.26. The lowest BCUT2D eigenvalue weighted by molar-refractivity contribution is -0.138. The molecule has 1 aromatic rings. The highest BCUT2D eigenvalue weighted by atomic mass is 19.4. The molecule has 1 aromatic carbocycles. The number of benzene rings is 1. The van der Waals surface area contributed by atoms with Crippen molar-refractivity contribution >= 4 is 0 Å². The van der Waals surface area contributed by atoms with Gasteiger partial charge in [-0.25, -0.2) is 0 Å². The van der Waals surface area contributed by atoms with Gasteiger partial charge in [0.1, 0.15) is 0 Å². The fourth-order valence-electron chi connectivity index (χ4n) is 2.61. The summed E-state index contributed by atoms with van der Waals surface area (Å²) in [5, 5.41) is 0. The molecule has 5 heteroatoms. The van der Waals surface area contributed by atoms with Crippen molar-refractivity contribution in [1.82, 2.24) is 9.80 Å². The zero-order valence-electron chi connectivity index (χ0n) is 14.0. The fraction of sp³-hybridized carbons (Fsp3) is 0.647. The SMILES string of the molecule is CC.CC(C)N1CCN(Cc2ccccc2C(F)(F)F)CC1. The van der Waals surface area contributed by atoms with Crippen LogP contribution in [0.5, 0.6) is 0 Å². The molecule has 2 nitrogen and oxygen atoms in total. The quantitative estimate of drug-likeness (QED) is 0.822. The summed E-state index contributed by atoms with van der Waals surface area (Å²) in [7, 11) is 0. The summed E-state index contributed by atoms with van der Waals surface area (Å²) in [5.41, 5.74) is -0.135. The average Bonchev–Trinajstić information content (AvgIpc) is 2.49. The van der Waals surface area contributed by atoms with Crippen LogP contribution in [0.1, 0.15) is 38.8 Å². The van der Waals surface area contributed by atoms with Gasteiger partial charge >= 0.3 is 6.18 Å². The Balaban J connectivity index is 0.00000116. The van der Waals surface area contributed by atoms with Gasteiger partial charge in [0.2, 0.25) is 0 Å². The standard InChI is InChI=1S/C15H21F3N2.C2H6/c1-12(2)20-9-7-19(8-10-20)11-13-5-3-4-6-14(13)15(16,17)18;1-2/h3-6,12H,7-11H2,1-2H3;1-2H3. The molecule has 22 heavy (non-hydrogen) atoms. The predicted molar refractivity (Wildman–Crippen MR) is 84.8 cm³/mol. The molecule has 0 amide bonds. The van der Waals surface area contributed by atoms with Crippen molar-refractivity contribution in [1.29, 1.82) is 0 Å². The van der Waals surface area contributed by atoms with Gasteiger partial charge in [-0.1, -0.05) is 32.0 Å². The number of hydrogen-bond donors (Lipinski definition) is 0. The van der Waals surface area contributed by atoms with Gasteiger partial charge in [-0.3, -0.25) is 9.80 Å². The third-order valence-electron chi connectivity index (χ3n) is 3.85. The van der Waals surface area contributed by atoms with E-state index in [0.717, 1.165) is 26.2 Å². The Morgan fingerprint density at radius 1 is 1.00 bits per heavy atom. The second-order valence-electron chi connectivity index (χ2n) is 5.56. The third kappa shape index (κ3) is 5.29. The highest BCUT2D eigenvalue weighted by molar-refractivity contribution is 5.29. The van der Waals surface area contributed by atoms with E-state index in [1.54, 1.807) is 12.1 Å². The number of hydrogen-bond acceptors (Lipinski definition) is 2. The Kier molecular flexibility index (Phi) is 7.36. The molecule has 1 fully saturated rings. The molecular formula is C17H27F3N2. The molecule has 1 saturated heterocycles. The van der Waals surface area contributed by atoms with Crippen LogP contribution in [-0.2, 0) is 12.7 Å². The molecule has 0 radical (unpaired) electrons. The third-order valence-corrected chi connectivity index (χ3v) is 3.85. The molecule has 0 aliphatic carbocycles. The fourth-order valence-corrected chi connectivity index (χ4v) is 2.61. The van der Waals surface area contributed by atoms with Crippen molar-refractivity contribution in [3.05, 3.63) is 35.4 Å². The molecule has 0 saturated carbocycles. The van der Waals surface area contributed by atoms with Gasteiger partial charge in [0.15, 0.2) is 0 Å². The molecule has 0 aromatic heterocycles. The number of halogens is 3. The van der Waals surface area contributed by atoms with E-state index in [2.05, 4.69) is 23.6 Å². The molecule has 0 N–H and O–H groups in total. The topological polar surface area (TPSA) is 6.48 Å². The number of piperazine rings is 1. The minimum absolute atomic E-state index is 0.373. The molecule has 0 spiro atoms. The molecular weight excluding hydrogens is 289 g/mol. The monoisotopic (exact) mass is 316 g/mol. The van der Waals surface area contributed by atoms with Crippen molar-refractivity contribution in [3.63, 3.8) is 0 Å². The minimum Gasteiger partial charge on any atom is -0.298 e. The van der Waals surface area contributed by atoms with Crippen LogP contribution in [0.25, 0.3) is 0 Å². The van der Waals surface area contributed by atoms with Crippen molar-refractivity contribution < 1.29 is 13.2 Å². The second-order valence-corrected chi connectivity index (χ2v) is 5.56. The first-order valence-electron chi connectivity index (χ1n) is 7.99. The summed E-state index contributed by atoms with van der Waals surface area (Å²) in [5.74, 6) is 0. The summed E-state index contributed by atoms with van der Waals surface area (Å²) in [6.07, 6.45) is -4.27. The first-order valence-corrected chi connectivity index (χ1v) is 7.99. The molecule has 1 aliphatic heterocycles. The van der Waals surface area contributed by atoms with Crippen molar-refractivity contribution in [2.24, 2.45) is 0 Å². The lowest BCUT2D eigenvalue weighted by Gasteiger charge is -2.37. The number of rotatable bonds is 3. The molecule has 126 valence electrons. The first kappa shape index (κ1) is 19.0. The Hall–Kier alpha value is -1.07. The summed E-state index contributed by atoms with van der Waals surface area (Å²) >= 11 is 0. The second kappa shape index (κ2) is 8.53. The maximum atomic E-state index is 12.9. The van der Waals surface area contributed by atoms with E-state index >= 15 is 0 Å². The minimum atomic E-state index is -4.27. The Labute approximate surface area is 131 Å². The maximum Gasteiger partial charge on any atom is 0.416 e. The molecule has 0 unspecified atom stereocenters. The molecule has 0 atom stereocenters. The van der Waals surface area contributed by atoms with Crippen LogP contribution in [0, 0.1) is 0 Å². The Morgan fingerprint density at radius 3 is 2.05 bits per heavy atom. The van der Waals surface area contributed by atoms with E-state index < -0.39 is 11.7 Å². The smallest absolute Gasteiger partial charge is 0.298 e. The van der Waals surface area contributed by atoms with Gasteiger partial charge in [0.05, 0.1) is 5.56 Å². The molecule has 1 heterocycles. The zero-order valence-corrected chi connectivity index (χ0v) is 14.0. The van der Waals surface area contributed by atoms with Crippen LogP contribution in [0.15, 0.2) is 24.3 Å². The van der Waals surface area contributed by atoms with Crippen LogP contribution in [0.2, 0.25) is 0 Å². The van der Waals surface area contributed by atoms with E-state index in [1.807, 2.05) is 13.8 Å². The van der Waals surface area contributed by atoms with Gasteiger partial charge in [0, 0.05) is 38.8 Å². The first-order chi connectivity index (χ1) is 10.4. The molecule has 2 rings (SSSR count). The van der Waals surface area contributed by atoms with E-state index in [-0.39, 0.29) is 0 Å². The van der Waals surface area contributed by atoms with Crippen molar-refractivity contribution in [3.8, 4) is 0 Å². The van der Waals surface area contributed by atoms with Gasteiger partial charge in [0.25, 0.3) is 0 Å². The summed E-state index contributed by atoms with van der Waals surface area (Å²) < 4.78 is 38.8. The molecule has 0 bridgehead atoms. The Morgan fingerprint density at radius 2 is 1.55 bits per heavy atom. The van der Waals surface area contributed by atoms with Gasteiger partial charge < -0.3 is 0 Å². The van der Waals surface area contributed by atoms with Crippen LogP contribution in [0.4, 0.5) is 13.2 Å². The van der Waals surface area contributed by atoms with Gasteiger partial charge in [-0.15, -0.1) is 0 Å². The zero-order chi connectivity index (χ0) is 16.8. The lowest BCUT2D eigenvalue weighted by atomic mass is 10.1. The summed E-state index contributed by atoms with van der Waals surface area (Å²) in [6.45, 7) is 12.2. The van der Waals surface area contributed by atoms with Crippen LogP contribution < -0.4 is 0 Å². The van der Waals surface area contributed by atoms with Crippen LogP contribution >= 0.6 is 0 Å². The van der Waals surface area contributed by atoms with Gasteiger partial charge in [-0.2, -0.15) is 13.2 Å². The van der Waals surface area contributed by atoms with E-state index in [9.17, 15) is 13.2 Å². The number of nitrogens with zero attached hydrogens (tertiary/aromatic N) is 2. The highest BCUT2D eigenvalue weighted by Crippen LogP contribution is 2.32. The van der Waals surface area contributed by atoms with Crippen molar-refractivity contribution in [2.75, 3.05) is 26.2 Å². The van der Waals surface area contributed by atoms with Crippen LogP contribution in [0.3, 0.4) is 0 Å². The van der Waals surface area contributed by atoms with Crippen LogP contribution in [-0.4, -0.2) is 42.0 Å². The summed E-state index contributed by atoms with van der Waals surface area (Å²) in [4.78, 5) is 4.45. The highest BCUT2D eigenvalue weighted by Gasteiger charge is 2.33. The number of alkyl halides is 3. The van der Waals surface area contributed by atoms with E-state index in [4.69, 9.17) is 0 Å². The average molecular weight is 316 g/mol. The van der Waals surface area contributed by atoms with E-state index in [0.29, 0.717) is 18.2 Å². The Bertz CT molecular complexity index is 436.